The van der Waals surface area contributed by atoms with Crippen LogP contribution in [0.25, 0.3) is 5.52 Å². The molecule has 0 spiro atoms. The molecule has 1 atom stereocenters. The van der Waals surface area contributed by atoms with Crippen LogP contribution in [0.1, 0.15) is 70.5 Å². The summed E-state index contributed by atoms with van der Waals surface area (Å²) in [6.07, 6.45) is 3.35. The van der Waals surface area contributed by atoms with Gasteiger partial charge in [0.1, 0.15) is 24.5 Å². The summed E-state index contributed by atoms with van der Waals surface area (Å²) in [6, 6.07) is 13.5. The fraction of sp³-hybridized carbons (Fsp3) is 0.343. The lowest BCUT2D eigenvalue weighted by Gasteiger charge is -2.20. The van der Waals surface area contributed by atoms with Gasteiger partial charge in [0.15, 0.2) is 5.82 Å². The van der Waals surface area contributed by atoms with Crippen molar-refractivity contribution in [2.75, 3.05) is 18.7 Å². The molecule has 1 aliphatic rings. The van der Waals surface area contributed by atoms with E-state index in [0.717, 1.165) is 28.9 Å². The Morgan fingerprint density at radius 3 is 2.50 bits per heavy atom. The highest BCUT2D eigenvalue weighted by Crippen LogP contribution is 2.29. The minimum atomic E-state index is -1.10. The number of carbonyl (C=O) groups is 5. The highest BCUT2D eigenvalue weighted by atomic mass is 16.7. The van der Waals surface area contributed by atoms with Crippen LogP contribution in [-0.2, 0) is 25.6 Å². The van der Waals surface area contributed by atoms with Crippen LogP contribution in [0.15, 0.2) is 61.1 Å². The molecule has 2 aromatic carbocycles. The number of anilines is 2. The van der Waals surface area contributed by atoms with Crippen LogP contribution in [0.4, 0.5) is 21.1 Å². The zero-order valence-electron chi connectivity index (χ0n) is 28.2. The number of rotatable bonds is 13. The number of nitrogens with one attached hydrogen (secondary N) is 3. The molecule has 4 amide bonds. The quantitative estimate of drug-likeness (QED) is 0.130. The Morgan fingerprint density at radius 2 is 1.78 bits per heavy atom. The van der Waals surface area contributed by atoms with Crippen molar-refractivity contribution in [2.45, 2.75) is 65.6 Å². The van der Waals surface area contributed by atoms with Gasteiger partial charge in [-0.05, 0) is 68.9 Å². The second-order valence-electron chi connectivity index (χ2n) is 11.8. The molecule has 0 radical (unpaired) electrons. The SMILES string of the molecule is CCCN(C(=O)OCOC(=O)C(C)NC(=O)OCc1ccccc1)C(=O)c1cn2ncnc(Nc3cc(C(=O)NC4CC4)ccc3C)c2c1C. The first-order chi connectivity index (χ1) is 24.0. The molecule has 2 heterocycles. The standard InChI is InChI=1S/C35H39N7O8/c1-5-15-41(35(47)50-20-49-33(45)23(4)38-34(46)48-18-24-9-7-6-8-10-24)32(44)27-17-42-29(22(27)3)30(36-19-37-42)40-28-16-25(12-11-21(28)2)31(43)39-26-13-14-26/h6-12,16-17,19,23,26H,5,13-15,18,20H2,1-4H3,(H,38,46)(H,39,43)(H,36,37,40). The van der Waals surface area contributed by atoms with Gasteiger partial charge < -0.3 is 30.2 Å². The number of aryl methyl sites for hydroxylation is 2. The number of esters is 1. The maximum atomic E-state index is 13.7. The molecule has 0 saturated heterocycles. The molecule has 262 valence electrons. The fourth-order valence-corrected chi connectivity index (χ4v) is 4.98. The van der Waals surface area contributed by atoms with Gasteiger partial charge in [0.25, 0.3) is 11.8 Å². The lowest BCUT2D eigenvalue weighted by molar-refractivity contribution is -0.154. The lowest BCUT2D eigenvalue weighted by atomic mass is 10.1. The zero-order valence-corrected chi connectivity index (χ0v) is 28.2. The van der Waals surface area contributed by atoms with E-state index in [4.69, 9.17) is 14.2 Å². The van der Waals surface area contributed by atoms with Crippen molar-refractivity contribution < 1.29 is 38.2 Å². The first-order valence-electron chi connectivity index (χ1n) is 16.2. The number of ether oxygens (including phenoxy) is 3. The maximum Gasteiger partial charge on any atom is 0.419 e. The van der Waals surface area contributed by atoms with Crippen molar-refractivity contribution in [3.05, 3.63) is 88.9 Å². The van der Waals surface area contributed by atoms with Crippen molar-refractivity contribution >= 4 is 47.0 Å². The van der Waals surface area contributed by atoms with Gasteiger partial charge in [-0.15, -0.1) is 0 Å². The lowest BCUT2D eigenvalue weighted by Crippen LogP contribution is -2.41. The topological polar surface area (TPSA) is 183 Å². The molecule has 4 aromatic rings. The van der Waals surface area contributed by atoms with Gasteiger partial charge in [-0.2, -0.15) is 5.10 Å². The minimum Gasteiger partial charge on any atom is -0.445 e. The second-order valence-corrected chi connectivity index (χ2v) is 11.8. The van der Waals surface area contributed by atoms with Gasteiger partial charge in [0.05, 0.1) is 5.56 Å². The third kappa shape index (κ3) is 8.72. The predicted molar refractivity (Wildman–Crippen MR) is 181 cm³/mol. The average molecular weight is 686 g/mol. The number of aromatic nitrogens is 3. The number of benzene rings is 2. The number of imide groups is 1. The van der Waals surface area contributed by atoms with Gasteiger partial charge in [0.2, 0.25) is 6.79 Å². The Morgan fingerprint density at radius 1 is 1.02 bits per heavy atom. The largest absolute Gasteiger partial charge is 0.445 e. The molecule has 1 aliphatic carbocycles. The second kappa shape index (κ2) is 15.9. The summed E-state index contributed by atoms with van der Waals surface area (Å²) < 4.78 is 16.7. The van der Waals surface area contributed by atoms with E-state index in [0.29, 0.717) is 34.6 Å². The van der Waals surface area contributed by atoms with Gasteiger partial charge in [0, 0.05) is 30.0 Å². The van der Waals surface area contributed by atoms with Crippen LogP contribution in [0, 0.1) is 13.8 Å². The summed E-state index contributed by atoms with van der Waals surface area (Å²) in [5.41, 5.74) is 3.97. The Balaban J connectivity index is 1.21. The van der Waals surface area contributed by atoms with Crippen molar-refractivity contribution in [1.29, 1.82) is 0 Å². The van der Waals surface area contributed by atoms with Gasteiger partial charge in [-0.1, -0.05) is 43.3 Å². The molecule has 3 N–H and O–H groups in total. The predicted octanol–water partition coefficient (Wildman–Crippen LogP) is 4.79. The molecular weight excluding hydrogens is 646 g/mol. The van der Waals surface area contributed by atoms with Crippen LogP contribution in [0.5, 0.6) is 0 Å². The van der Waals surface area contributed by atoms with E-state index in [9.17, 15) is 24.0 Å². The average Bonchev–Trinajstić information content (AvgIpc) is 3.86. The molecule has 0 aliphatic heterocycles. The molecule has 15 heteroatoms. The summed E-state index contributed by atoms with van der Waals surface area (Å²) in [5, 5.41) is 12.9. The first kappa shape index (κ1) is 35.3. The van der Waals surface area contributed by atoms with Crippen LogP contribution in [0.3, 0.4) is 0 Å². The van der Waals surface area contributed by atoms with E-state index in [1.54, 1.807) is 50.2 Å². The van der Waals surface area contributed by atoms with Crippen LogP contribution >= 0.6 is 0 Å². The Hall–Kier alpha value is -5.99. The summed E-state index contributed by atoms with van der Waals surface area (Å²) in [7, 11) is 0. The highest BCUT2D eigenvalue weighted by molar-refractivity contribution is 6.06. The van der Waals surface area contributed by atoms with Crippen LogP contribution < -0.4 is 16.0 Å². The zero-order chi connectivity index (χ0) is 35.8. The number of nitrogens with zero attached hydrogens (tertiary/aromatic N) is 4. The van der Waals surface area contributed by atoms with Crippen molar-refractivity contribution in [1.82, 2.24) is 30.1 Å². The van der Waals surface area contributed by atoms with Crippen molar-refractivity contribution in [2.24, 2.45) is 0 Å². The Labute approximate surface area is 288 Å². The molecule has 2 aromatic heterocycles. The third-order valence-electron chi connectivity index (χ3n) is 7.92. The maximum absolute atomic E-state index is 13.7. The number of carbonyl (C=O) groups excluding carboxylic acids is 5. The van der Waals surface area contributed by atoms with E-state index >= 15 is 0 Å². The minimum absolute atomic E-state index is 0.0165. The molecule has 1 saturated carbocycles. The monoisotopic (exact) mass is 685 g/mol. The van der Waals surface area contributed by atoms with Gasteiger partial charge >= 0.3 is 18.2 Å². The Kier molecular flexibility index (Phi) is 11.3. The van der Waals surface area contributed by atoms with E-state index in [-0.39, 0.29) is 30.7 Å². The van der Waals surface area contributed by atoms with Gasteiger partial charge in [-0.3, -0.25) is 9.59 Å². The summed E-state index contributed by atoms with van der Waals surface area (Å²) >= 11 is 0. The van der Waals surface area contributed by atoms with Crippen molar-refractivity contribution in [3.63, 3.8) is 0 Å². The molecular formula is C35H39N7O8. The number of hydrogen-bond donors (Lipinski definition) is 3. The van der Waals surface area contributed by atoms with E-state index < -0.39 is 36.9 Å². The van der Waals surface area contributed by atoms with Crippen molar-refractivity contribution in [3.8, 4) is 0 Å². The fourth-order valence-electron chi connectivity index (χ4n) is 4.98. The third-order valence-corrected chi connectivity index (χ3v) is 7.92. The molecule has 0 bridgehead atoms. The van der Waals surface area contributed by atoms with Gasteiger partial charge in [-0.25, -0.2) is 28.8 Å². The summed E-state index contributed by atoms with van der Waals surface area (Å²) in [5.74, 6) is -1.29. The normalized spacial score (nSPS) is 12.8. The summed E-state index contributed by atoms with van der Waals surface area (Å²) in [6.45, 7) is 6.03. The highest BCUT2D eigenvalue weighted by Gasteiger charge is 2.29. The number of alkyl carbamates (subject to hydrolysis) is 1. The first-order valence-corrected chi connectivity index (χ1v) is 16.2. The number of amides is 4. The van der Waals surface area contributed by atoms with E-state index in [1.807, 2.05) is 19.1 Å². The molecule has 5 rings (SSSR count). The van der Waals surface area contributed by atoms with E-state index in [1.165, 1.54) is 24.0 Å². The smallest absolute Gasteiger partial charge is 0.419 e. The molecule has 50 heavy (non-hydrogen) atoms. The molecule has 1 fully saturated rings. The molecule has 15 nitrogen and oxygen atoms in total. The summed E-state index contributed by atoms with van der Waals surface area (Å²) in [4.78, 5) is 69.2. The van der Waals surface area contributed by atoms with E-state index in [2.05, 4.69) is 26.0 Å². The Bertz CT molecular complexity index is 1890. The number of fused-ring (bicyclic) bond motifs is 1. The number of hydrogen-bond acceptors (Lipinski definition) is 11. The molecule has 1 unspecified atom stereocenters. The van der Waals surface area contributed by atoms with Crippen LogP contribution in [-0.4, -0.2) is 74.9 Å². The van der Waals surface area contributed by atoms with Crippen LogP contribution in [0.2, 0.25) is 0 Å².